The zero-order valence-corrected chi connectivity index (χ0v) is 17.0. The zero-order valence-electron chi connectivity index (χ0n) is 17.0. The first-order chi connectivity index (χ1) is 13.5. The summed E-state index contributed by atoms with van der Waals surface area (Å²) in [5, 5.41) is 11.3. The predicted molar refractivity (Wildman–Crippen MR) is 123 cm³/mol. The summed E-state index contributed by atoms with van der Waals surface area (Å²) in [5.74, 6) is 1.01. The number of anilines is 2. The van der Waals surface area contributed by atoms with Gasteiger partial charge >= 0.3 is 0 Å². The lowest BCUT2D eigenvalue weighted by molar-refractivity contribution is 0.733. The van der Waals surface area contributed by atoms with Crippen molar-refractivity contribution >= 4 is 40.3 Å². The van der Waals surface area contributed by atoms with Crippen LogP contribution in [0.5, 0.6) is 0 Å². The van der Waals surface area contributed by atoms with Crippen LogP contribution in [0.4, 0.5) is 11.4 Å². The maximum Gasteiger partial charge on any atom is 0.202 e. The van der Waals surface area contributed by atoms with Crippen molar-refractivity contribution in [3.8, 4) is 0 Å². The Morgan fingerprint density at radius 1 is 0.893 bits per heavy atom. The van der Waals surface area contributed by atoms with Crippen LogP contribution in [0.3, 0.4) is 0 Å². The van der Waals surface area contributed by atoms with Crippen LogP contribution in [0.1, 0.15) is 42.9 Å². The average molecular weight is 370 g/mol. The fraction of sp³-hybridized carbons (Fsp3) is 0.240. The van der Waals surface area contributed by atoms with E-state index < -0.39 is 0 Å². The maximum absolute atomic E-state index is 8.78. The molecule has 1 atom stereocenters. The Labute approximate surface area is 167 Å². The Morgan fingerprint density at radius 3 is 2.25 bits per heavy atom. The van der Waals surface area contributed by atoms with E-state index in [1.165, 1.54) is 27.5 Å². The molecule has 3 aromatic rings. The number of hydrogen-bond acceptors (Lipinski definition) is 1. The normalized spacial score (nSPS) is 13.0. The minimum Gasteiger partial charge on any atom is -0.316 e. The van der Waals surface area contributed by atoms with Gasteiger partial charge in [-0.1, -0.05) is 62.4 Å². The van der Waals surface area contributed by atoms with Gasteiger partial charge < -0.3 is 9.80 Å². The van der Waals surface area contributed by atoms with Gasteiger partial charge in [0, 0.05) is 25.2 Å². The van der Waals surface area contributed by atoms with Gasteiger partial charge in [-0.3, -0.25) is 5.41 Å². The summed E-state index contributed by atoms with van der Waals surface area (Å²) in [7, 11) is 3.93. The minimum atomic E-state index is 0.447. The number of benzene rings is 3. The van der Waals surface area contributed by atoms with Gasteiger partial charge in [0.1, 0.15) is 0 Å². The molecule has 28 heavy (non-hydrogen) atoms. The zero-order chi connectivity index (χ0) is 19.8. The third-order valence-corrected chi connectivity index (χ3v) is 5.98. The number of rotatable bonds is 4. The fourth-order valence-electron chi connectivity index (χ4n) is 3.92. The molecule has 0 radical (unpaired) electrons. The lowest BCUT2D eigenvalue weighted by atomic mass is 9.98. The smallest absolute Gasteiger partial charge is 0.202 e. The van der Waals surface area contributed by atoms with Crippen molar-refractivity contribution in [3.05, 3.63) is 71.3 Å². The summed E-state index contributed by atoms with van der Waals surface area (Å²) >= 11 is 0. The molecule has 0 bridgehead atoms. The minimum absolute atomic E-state index is 0.447. The van der Waals surface area contributed by atoms with Crippen LogP contribution >= 0.6 is 0 Å². The SMILES string of the molecule is CCC(C)c1ccc(N(C)C(=N)N(C)c2ccc3c4c(cccc24)C=C3)cc1. The third kappa shape index (κ3) is 2.97. The Kier molecular flexibility index (Phi) is 4.68. The lowest BCUT2D eigenvalue weighted by Crippen LogP contribution is -2.39. The summed E-state index contributed by atoms with van der Waals surface area (Å²) < 4.78 is 0. The van der Waals surface area contributed by atoms with Crippen molar-refractivity contribution in [2.45, 2.75) is 26.2 Å². The molecule has 0 spiro atoms. The molecule has 4 rings (SSSR count). The van der Waals surface area contributed by atoms with Gasteiger partial charge in [0.15, 0.2) is 0 Å². The molecule has 0 aromatic heterocycles. The topological polar surface area (TPSA) is 30.3 Å². The van der Waals surface area contributed by atoms with Crippen LogP contribution in [0, 0.1) is 5.41 Å². The Morgan fingerprint density at radius 2 is 1.57 bits per heavy atom. The summed E-state index contributed by atoms with van der Waals surface area (Å²) in [6.07, 6.45) is 5.46. The highest BCUT2D eigenvalue weighted by molar-refractivity contribution is 6.14. The van der Waals surface area contributed by atoms with E-state index in [9.17, 15) is 0 Å². The molecule has 142 valence electrons. The van der Waals surface area contributed by atoms with E-state index in [1.807, 2.05) is 23.9 Å². The molecule has 1 aliphatic rings. The second kappa shape index (κ2) is 7.16. The maximum atomic E-state index is 8.78. The highest BCUT2D eigenvalue weighted by Crippen LogP contribution is 2.36. The second-order valence-electron chi connectivity index (χ2n) is 7.62. The summed E-state index contributed by atoms with van der Waals surface area (Å²) in [5.41, 5.74) is 5.93. The molecule has 0 saturated heterocycles. The third-order valence-electron chi connectivity index (χ3n) is 5.98. The number of guanidine groups is 1. The molecule has 3 aromatic carbocycles. The van der Waals surface area contributed by atoms with Crippen molar-refractivity contribution in [2.24, 2.45) is 0 Å². The van der Waals surface area contributed by atoms with Gasteiger partial charge in [-0.2, -0.15) is 0 Å². The number of nitrogens with zero attached hydrogens (tertiary/aromatic N) is 2. The van der Waals surface area contributed by atoms with Crippen LogP contribution in [0.25, 0.3) is 22.9 Å². The van der Waals surface area contributed by atoms with Crippen molar-refractivity contribution in [1.29, 1.82) is 5.41 Å². The Bertz CT molecular complexity index is 1050. The van der Waals surface area contributed by atoms with Crippen molar-refractivity contribution in [1.82, 2.24) is 0 Å². The highest BCUT2D eigenvalue weighted by atomic mass is 15.3. The summed E-state index contributed by atoms with van der Waals surface area (Å²) in [6.45, 7) is 4.46. The van der Waals surface area contributed by atoms with Crippen LogP contribution < -0.4 is 9.80 Å². The molecule has 0 fully saturated rings. The predicted octanol–water partition coefficient (Wildman–Crippen LogP) is 6.34. The van der Waals surface area contributed by atoms with E-state index in [4.69, 9.17) is 5.41 Å². The molecule has 3 nitrogen and oxygen atoms in total. The first-order valence-corrected chi connectivity index (χ1v) is 9.91. The molecule has 0 aliphatic heterocycles. The molecule has 0 amide bonds. The molecule has 0 heterocycles. The first-order valence-electron chi connectivity index (χ1n) is 9.91. The Hall–Kier alpha value is -3.07. The second-order valence-corrected chi connectivity index (χ2v) is 7.62. The lowest BCUT2D eigenvalue weighted by Gasteiger charge is -2.29. The van der Waals surface area contributed by atoms with Gasteiger partial charge in [-0.25, -0.2) is 0 Å². The molecule has 1 aliphatic carbocycles. The molecule has 0 saturated carbocycles. The average Bonchev–Trinajstić information content (AvgIpc) is 3.17. The van der Waals surface area contributed by atoms with Gasteiger partial charge in [-0.05, 0) is 52.6 Å². The van der Waals surface area contributed by atoms with Gasteiger partial charge in [0.05, 0.1) is 5.69 Å². The van der Waals surface area contributed by atoms with E-state index in [1.54, 1.807) is 0 Å². The van der Waals surface area contributed by atoms with Crippen molar-refractivity contribution in [3.63, 3.8) is 0 Å². The molecule has 1 N–H and O–H groups in total. The van der Waals surface area contributed by atoms with E-state index >= 15 is 0 Å². The molecular formula is C25H27N3. The monoisotopic (exact) mass is 369 g/mol. The molecule has 1 unspecified atom stereocenters. The van der Waals surface area contributed by atoms with Crippen molar-refractivity contribution in [2.75, 3.05) is 23.9 Å². The number of hydrogen-bond donors (Lipinski definition) is 1. The number of nitrogens with one attached hydrogen (secondary N) is 1. The quantitative estimate of drug-likeness (QED) is 0.336. The van der Waals surface area contributed by atoms with Crippen molar-refractivity contribution < 1.29 is 0 Å². The summed E-state index contributed by atoms with van der Waals surface area (Å²) in [4.78, 5) is 3.89. The van der Waals surface area contributed by atoms with E-state index in [0.717, 1.165) is 17.8 Å². The van der Waals surface area contributed by atoms with Gasteiger partial charge in [0.25, 0.3) is 0 Å². The van der Waals surface area contributed by atoms with E-state index in [2.05, 4.69) is 80.6 Å². The standard InChI is InChI=1S/C25H27N3/c1-5-17(2)18-11-14-21(15-12-18)27(3)25(26)28(4)23-16-13-20-10-9-19-7-6-8-22(23)24(19)20/h6-17,26H,5H2,1-4H3. The molecular weight excluding hydrogens is 342 g/mol. The first kappa shape index (κ1) is 18.3. The highest BCUT2D eigenvalue weighted by Gasteiger charge is 2.18. The largest absolute Gasteiger partial charge is 0.316 e. The van der Waals surface area contributed by atoms with E-state index in [-0.39, 0.29) is 0 Å². The van der Waals surface area contributed by atoms with Crippen LogP contribution in [-0.4, -0.2) is 20.1 Å². The van der Waals surface area contributed by atoms with Crippen LogP contribution in [0.15, 0.2) is 54.6 Å². The van der Waals surface area contributed by atoms with Gasteiger partial charge in [-0.15, -0.1) is 0 Å². The molecule has 3 heteroatoms. The van der Waals surface area contributed by atoms with Crippen LogP contribution in [-0.2, 0) is 0 Å². The van der Waals surface area contributed by atoms with Gasteiger partial charge in [0.2, 0.25) is 5.96 Å². The fourth-order valence-corrected chi connectivity index (χ4v) is 3.92. The van der Waals surface area contributed by atoms with Crippen LogP contribution in [0.2, 0.25) is 0 Å². The van der Waals surface area contributed by atoms with E-state index in [0.29, 0.717) is 11.9 Å². The Balaban J connectivity index is 1.63. The summed E-state index contributed by atoms with van der Waals surface area (Å²) in [6, 6.07) is 19.2.